The Morgan fingerprint density at radius 3 is 2.80 bits per heavy atom. The van der Waals surface area contributed by atoms with Crippen molar-refractivity contribution < 1.29 is 14.1 Å². The number of rotatable bonds is 6. The first-order valence-electron chi connectivity index (χ1n) is 7.78. The molecule has 3 rings (SSSR count). The third kappa shape index (κ3) is 4.70. The first kappa shape index (κ1) is 17.2. The summed E-state index contributed by atoms with van der Waals surface area (Å²) < 4.78 is 11.9. The Morgan fingerprint density at radius 2 is 2.04 bits per heavy atom. The van der Waals surface area contributed by atoms with Gasteiger partial charge in [-0.2, -0.15) is 0 Å². The van der Waals surface area contributed by atoms with Crippen LogP contribution in [0.25, 0.3) is 0 Å². The van der Waals surface area contributed by atoms with E-state index in [1.165, 1.54) is 0 Å². The maximum atomic E-state index is 12.5. The number of carbonyl (C=O) groups excluding carboxylic acids is 1. The number of hydrogen-bond acceptors (Lipinski definition) is 4. The molecule has 0 aliphatic carbocycles. The molecule has 25 heavy (non-hydrogen) atoms. The molecule has 0 spiro atoms. The maximum absolute atomic E-state index is 12.5. The van der Waals surface area contributed by atoms with Gasteiger partial charge in [-0.3, -0.25) is 4.79 Å². The molecule has 1 amide bonds. The van der Waals surface area contributed by atoms with Crippen LogP contribution in [0.4, 0.5) is 0 Å². The number of benzene rings is 2. The lowest BCUT2D eigenvalue weighted by molar-refractivity contribution is 0.0942. The smallest absolute Gasteiger partial charge is 0.255 e. The molecule has 0 bridgehead atoms. The van der Waals surface area contributed by atoms with Crippen molar-refractivity contribution in [3.05, 3.63) is 81.7 Å². The van der Waals surface area contributed by atoms with E-state index >= 15 is 0 Å². The summed E-state index contributed by atoms with van der Waals surface area (Å²) in [5.41, 5.74) is 2.28. The highest BCUT2D eigenvalue weighted by atomic mass is 79.9. The summed E-state index contributed by atoms with van der Waals surface area (Å²) in [4.78, 5) is 12.5. The highest BCUT2D eigenvalue weighted by Crippen LogP contribution is 2.20. The van der Waals surface area contributed by atoms with Crippen molar-refractivity contribution in [2.45, 2.75) is 20.1 Å². The van der Waals surface area contributed by atoms with Crippen LogP contribution in [0.5, 0.6) is 5.75 Å². The van der Waals surface area contributed by atoms with E-state index in [1.807, 2.05) is 37.3 Å². The van der Waals surface area contributed by atoms with Crippen LogP contribution < -0.4 is 10.1 Å². The molecule has 1 N–H and O–H groups in total. The number of aryl methyl sites for hydroxylation is 1. The fraction of sp³-hybridized carbons (Fsp3) is 0.158. The van der Waals surface area contributed by atoms with Crippen LogP contribution in [0.3, 0.4) is 0 Å². The molecule has 128 valence electrons. The van der Waals surface area contributed by atoms with E-state index in [9.17, 15) is 4.79 Å². The van der Waals surface area contributed by atoms with Gasteiger partial charge in [-0.1, -0.05) is 45.4 Å². The Morgan fingerprint density at radius 1 is 1.20 bits per heavy atom. The monoisotopic (exact) mass is 400 g/mol. The second-order valence-corrected chi connectivity index (χ2v) is 6.45. The van der Waals surface area contributed by atoms with Crippen LogP contribution in [-0.2, 0) is 13.2 Å². The molecule has 1 heterocycles. The molecule has 5 nitrogen and oxygen atoms in total. The fourth-order valence-electron chi connectivity index (χ4n) is 2.33. The van der Waals surface area contributed by atoms with Crippen LogP contribution in [0, 0.1) is 6.92 Å². The van der Waals surface area contributed by atoms with Crippen LogP contribution in [-0.4, -0.2) is 11.1 Å². The van der Waals surface area contributed by atoms with Crippen molar-refractivity contribution in [3.8, 4) is 5.75 Å². The van der Waals surface area contributed by atoms with Crippen molar-refractivity contribution in [2.24, 2.45) is 0 Å². The molecule has 3 aromatic rings. The maximum Gasteiger partial charge on any atom is 0.255 e. The molecular formula is C19H17BrN2O3. The van der Waals surface area contributed by atoms with Crippen LogP contribution >= 0.6 is 15.9 Å². The number of hydrogen-bond donors (Lipinski definition) is 1. The average molecular weight is 401 g/mol. The van der Waals surface area contributed by atoms with Gasteiger partial charge in [-0.25, -0.2) is 0 Å². The summed E-state index contributed by atoms with van der Waals surface area (Å²) in [6, 6.07) is 16.8. The molecule has 2 aromatic carbocycles. The number of aromatic nitrogens is 1. The van der Waals surface area contributed by atoms with Gasteiger partial charge < -0.3 is 14.6 Å². The second kappa shape index (κ2) is 7.98. The van der Waals surface area contributed by atoms with Crippen molar-refractivity contribution in [1.29, 1.82) is 0 Å². The average Bonchev–Trinajstić information content (AvgIpc) is 3.03. The first-order chi connectivity index (χ1) is 12.1. The van der Waals surface area contributed by atoms with Gasteiger partial charge in [-0.05, 0) is 36.8 Å². The summed E-state index contributed by atoms with van der Waals surface area (Å²) in [6.45, 7) is 2.49. The lowest BCUT2D eigenvalue weighted by atomic mass is 10.2. The largest absolute Gasteiger partial charge is 0.488 e. The molecule has 0 aliphatic heterocycles. The standard InChI is InChI=1S/C19H17BrN2O3/c1-13-9-16(25-22-13)11-21-19(23)17-7-2-3-8-18(17)24-12-14-5-4-6-15(20)10-14/h2-10H,11-12H2,1H3,(H,21,23). The van der Waals surface area contributed by atoms with Gasteiger partial charge in [0.1, 0.15) is 12.4 Å². The minimum Gasteiger partial charge on any atom is -0.488 e. The lowest BCUT2D eigenvalue weighted by Gasteiger charge is -2.11. The Labute approximate surface area is 154 Å². The zero-order valence-corrected chi connectivity index (χ0v) is 15.2. The van der Waals surface area contributed by atoms with Gasteiger partial charge in [0.2, 0.25) is 0 Å². The molecule has 0 unspecified atom stereocenters. The van der Waals surface area contributed by atoms with E-state index in [2.05, 4.69) is 26.4 Å². The van der Waals surface area contributed by atoms with Gasteiger partial charge in [0.25, 0.3) is 5.91 Å². The lowest BCUT2D eigenvalue weighted by Crippen LogP contribution is -2.23. The molecule has 0 aliphatic rings. The summed E-state index contributed by atoms with van der Waals surface area (Å²) in [7, 11) is 0. The summed E-state index contributed by atoms with van der Waals surface area (Å²) >= 11 is 3.44. The van der Waals surface area contributed by atoms with Crippen molar-refractivity contribution in [2.75, 3.05) is 0 Å². The molecule has 1 aromatic heterocycles. The fourth-order valence-corrected chi connectivity index (χ4v) is 2.78. The minimum absolute atomic E-state index is 0.223. The molecule has 0 radical (unpaired) electrons. The zero-order valence-electron chi connectivity index (χ0n) is 13.7. The van der Waals surface area contributed by atoms with E-state index in [0.717, 1.165) is 15.7 Å². The number of ether oxygens (including phenoxy) is 1. The van der Waals surface area contributed by atoms with Gasteiger partial charge >= 0.3 is 0 Å². The molecule has 0 saturated carbocycles. The van der Waals surface area contributed by atoms with Crippen LogP contribution in [0.2, 0.25) is 0 Å². The van der Waals surface area contributed by atoms with E-state index in [1.54, 1.807) is 24.3 Å². The number of halogens is 1. The number of carbonyl (C=O) groups is 1. The third-order valence-electron chi connectivity index (χ3n) is 3.51. The molecular weight excluding hydrogens is 384 g/mol. The SMILES string of the molecule is Cc1cc(CNC(=O)c2ccccc2OCc2cccc(Br)c2)on1. The zero-order chi connectivity index (χ0) is 17.6. The molecule has 6 heteroatoms. The molecule has 0 fully saturated rings. The minimum atomic E-state index is -0.223. The van der Waals surface area contributed by atoms with Gasteiger partial charge in [0.15, 0.2) is 5.76 Å². The highest BCUT2D eigenvalue weighted by molar-refractivity contribution is 9.10. The molecule has 0 saturated heterocycles. The number of nitrogens with one attached hydrogen (secondary N) is 1. The van der Waals surface area contributed by atoms with E-state index < -0.39 is 0 Å². The van der Waals surface area contributed by atoms with Crippen molar-refractivity contribution >= 4 is 21.8 Å². The Hall–Kier alpha value is -2.60. The predicted molar refractivity (Wildman–Crippen MR) is 97.3 cm³/mol. The number of amides is 1. The Bertz CT molecular complexity index is 876. The van der Waals surface area contributed by atoms with E-state index in [-0.39, 0.29) is 12.5 Å². The Balaban J connectivity index is 1.66. The van der Waals surface area contributed by atoms with Crippen molar-refractivity contribution in [1.82, 2.24) is 10.5 Å². The predicted octanol–water partition coefficient (Wildman–Crippen LogP) is 4.25. The van der Waals surface area contributed by atoms with Crippen LogP contribution in [0.15, 0.2) is 63.6 Å². The quantitative estimate of drug-likeness (QED) is 0.671. The summed E-state index contributed by atoms with van der Waals surface area (Å²) in [6.07, 6.45) is 0. The van der Waals surface area contributed by atoms with Crippen molar-refractivity contribution in [3.63, 3.8) is 0 Å². The normalized spacial score (nSPS) is 10.5. The summed E-state index contributed by atoms with van der Waals surface area (Å²) in [5, 5.41) is 6.62. The van der Waals surface area contributed by atoms with Gasteiger partial charge in [0, 0.05) is 10.5 Å². The number of nitrogens with zero attached hydrogens (tertiary/aromatic N) is 1. The highest BCUT2D eigenvalue weighted by Gasteiger charge is 2.13. The van der Waals surface area contributed by atoms with Gasteiger partial charge in [0.05, 0.1) is 17.8 Å². The third-order valence-corrected chi connectivity index (χ3v) is 4.01. The van der Waals surface area contributed by atoms with Gasteiger partial charge in [-0.15, -0.1) is 0 Å². The summed E-state index contributed by atoms with van der Waals surface area (Å²) in [5.74, 6) is 0.922. The topological polar surface area (TPSA) is 64.4 Å². The van der Waals surface area contributed by atoms with E-state index in [0.29, 0.717) is 23.7 Å². The van der Waals surface area contributed by atoms with Crippen LogP contribution in [0.1, 0.15) is 27.4 Å². The van der Waals surface area contributed by atoms with E-state index in [4.69, 9.17) is 9.26 Å². The second-order valence-electron chi connectivity index (χ2n) is 5.53. The first-order valence-corrected chi connectivity index (χ1v) is 8.58. The Kier molecular flexibility index (Phi) is 5.50. The molecule has 0 atom stereocenters. The number of para-hydroxylation sites is 1.